The summed E-state index contributed by atoms with van der Waals surface area (Å²) in [6.45, 7) is 1.84. The number of benzene rings is 1. The molecular formula is C10H14ClNO2. The Morgan fingerprint density at radius 2 is 2.14 bits per heavy atom. The molecule has 0 aromatic heterocycles. The van der Waals surface area contributed by atoms with Gasteiger partial charge in [-0.1, -0.05) is 11.6 Å². The van der Waals surface area contributed by atoms with Crippen LogP contribution in [0.1, 0.15) is 5.56 Å². The minimum atomic E-state index is -0.0737. The molecule has 3 nitrogen and oxygen atoms in total. The third-order valence-corrected chi connectivity index (χ3v) is 2.49. The van der Waals surface area contributed by atoms with E-state index in [0.717, 1.165) is 11.3 Å². The summed E-state index contributed by atoms with van der Waals surface area (Å²) in [6, 6.07) is 3.63. The Labute approximate surface area is 88.9 Å². The molecule has 0 saturated heterocycles. The Bertz CT molecular complexity index is 328. The van der Waals surface area contributed by atoms with Crippen LogP contribution < -0.4 is 9.64 Å². The third kappa shape index (κ3) is 2.11. The highest BCUT2D eigenvalue weighted by molar-refractivity contribution is 6.31. The van der Waals surface area contributed by atoms with Crippen molar-refractivity contribution in [2.75, 3.05) is 25.8 Å². The first-order valence-electron chi connectivity index (χ1n) is 4.26. The van der Waals surface area contributed by atoms with Gasteiger partial charge in [-0.15, -0.1) is 0 Å². The summed E-state index contributed by atoms with van der Waals surface area (Å²) < 4.78 is 5.19. The highest BCUT2D eigenvalue weighted by Gasteiger charge is 2.09. The first-order valence-corrected chi connectivity index (χ1v) is 4.64. The Morgan fingerprint density at radius 3 is 2.64 bits per heavy atom. The molecule has 4 heteroatoms. The average Bonchev–Trinajstić information content (AvgIpc) is 2.20. The van der Waals surface area contributed by atoms with Crippen molar-refractivity contribution in [1.82, 2.24) is 0 Å². The number of hydrogen-bond donors (Lipinski definition) is 1. The Balaban J connectivity index is 3.19. The molecule has 1 N–H and O–H groups in total. The Hall–Kier alpha value is -0.930. The number of hydrogen-bond acceptors (Lipinski definition) is 3. The van der Waals surface area contributed by atoms with Gasteiger partial charge in [-0.2, -0.15) is 0 Å². The highest BCUT2D eigenvalue weighted by Crippen LogP contribution is 2.32. The number of rotatable bonds is 3. The molecule has 0 fully saturated rings. The molecule has 0 atom stereocenters. The van der Waals surface area contributed by atoms with Crippen LogP contribution in [0.2, 0.25) is 5.02 Å². The predicted octanol–water partition coefficient (Wildman–Crippen LogP) is 2.04. The molecule has 0 amide bonds. The summed E-state index contributed by atoms with van der Waals surface area (Å²) in [5.74, 6) is 0.712. The summed E-state index contributed by atoms with van der Waals surface area (Å²) >= 11 is 5.98. The van der Waals surface area contributed by atoms with Crippen LogP contribution in [0, 0.1) is 6.92 Å². The maximum atomic E-state index is 9.00. The number of anilines is 1. The topological polar surface area (TPSA) is 32.7 Å². The van der Waals surface area contributed by atoms with Gasteiger partial charge in [0.1, 0.15) is 12.5 Å². The molecule has 1 aromatic carbocycles. The normalized spacial score (nSPS) is 10.1. The summed E-state index contributed by atoms with van der Waals surface area (Å²) in [5.41, 5.74) is 1.74. The van der Waals surface area contributed by atoms with Crippen LogP contribution >= 0.6 is 11.6 Å². The van der Waals surface area contributed by atoms with Crippen LogP contribution in [0.4, 0.5) is 5.69 Å². The zero-order valence-electron chi connectivity index (χ0n) is 8.54. The van der Waals surface area contributed by atoms with E-state index in [0.29, 0.717) is 10.8 Å². The standard InChI is InChI=1S/C10H14ClNO2/c1-7-4-10(14-3)9(5-8(7)11)12(2)6-13/h4-5,13H,6H2,1-3H3. The van der Waals surface area contributed by atoms with E-state index < -0.39 is 0 Å². The number of methoxy groups -OCH3 is 1. The van der Waals surface area contributed by atoms with Gasteiger partial charge in [-0.05, 0) is 24.6 Å². The molecule has 1 aromatic rings. The molecule has 0 spiro atoms. The number of aryl methyl sites for hydroxylation is 1. The molecule has 1 rings (SSSR count). The lowest BCUT2D eigenvalue weighted by atomic mass is 10.2. The van der Waals surface area contributed by atoms with Crippen molar-refractivity contribution in [3.63, 3.8) is 0 Å². The third-order valence-electron chi connectivity index (χ3n) is 2.08. The largest absolute Gasteiger partial charge is 0.495 e. The molecule has 0 aliphatic heterocycles. The van der Waals surface area contributed by atoms with Gasteiger partial charge >= 0.3 is 0 Å². The van der Waals surface area contributed by atoms with E-state index in [1.54, 1.807) is 25.1 Å². The van der Waals surface area contributed by atoms with Crippen LogP contribution in [0.3, 0.4) is 0 Å². The second-order valence-corrected chi connectivity index (χ2v) is 3.52. The van der Waals surface area contributed by atoms with Crippen molar-refractivity contribution in [2.24, 2.45) is 0 Å². The SMILES string of the molecule is COc1cc(C)c(Cl)cc1N(C)CO. The lowest BCUT2D eigenvalue weighted by Crippen LogP contribution is -2.18. The van der Waals surface area contributed by atoms with Crippen molar-refractivity contribution >= 4 is 17.3 Å². The van der Waals surface area contributed by atoms with Crippen LogP contribution in [-0.4, -0.2) is 26.0 Å². The Morgan fingerprint density at radius 1 is 1.50 bits per heavy atom. The molecule has 0 heterocycles. The van der Waals surface area contributed by atoms with E-state index in [1.165, 1.54) is 0 Å². The number of nitrogens with zero attached hydrogens (tertiary/aromatic N) is 1. The lowest BCUT2D eigenvalue weighted by Gasteiger charge is -2.19. The Kier molecular flexibility index (Phi) is 3.61. The molecule has 0 aliphatic rings. The maximum Gasteiger partial charge on any atom is 0.142 e. The van der Waals surface area contributed by atoms with E-state index in [1.807, 2.05) is 13.0 Å². The number of aliphatic hydroxyl groups excluding tert-OH is 1. The van der Waals surface area contributed by atoms with Crippen molar-refractivity contribution in [3.8, 4) is 5.75 Å². The molecule has 78 valence electrons. The van der Waals surface area contributed by atoms with Gasteiger partial charge in [-0.25, -0.2) is 0 Å². The van der Waals surface area contributed by atoms with Crippen molar-refractivity contribution in [3.05, 3.63) is 22.7 Å². The van der Waals surface area contributed by atoms with Crippen molar-refractivity contribution in [1.29, 1.82) is 0 Å². The molecule has 0 saturated carbocycles. The van der Waals surface area contributed by atoms with Gasteiger partial charge in [0.25, 0.3) is 0 Å². The van der Waals surface area contributed by atoms with E-state index in [9.17, 15) is 0 Å². The van der Waals surface area contributed by atoms with Crippen LogP contribution in [-0.2, 0) is 0 Å². The fourth-order valence-corrected chi connectivity index (χ4v) is 1.34. The molecule has 0 aliphatic carbocycles. The van der Waals surface area contributed by atoms with E-state index in [-0.39, 0.29) is 6.73 Å². The molecule has 0 bridgehead atoms. The first kappa shape index (κ1) is 11.1. The van der Waals surface area contributed by atoms with Crippen LogP contribution in [0.25, 0.3) is 0 Å². The summed E-state index contributed by atoms with van der Waals surface area (Å²) in [5, 5.41) is 9.66. The average molecular weight is 216 g/mol. The quantitative estimate of drug-likeness (QED) is 0.784. The van der Waals surface area contributed by atoms with E-state index in [2.05, 4.69) is 0 Å². The van der Waals surface area contributed by atoms with Gasteiger partial charge in [0, 0.05) is 12.1 Å². The minimum Gasteiger partial charge on any atom is -0.495 e. The van der Waals surface area contributed by atoms with Gasteiger partial charge in [0.2, 0.25) is 0 Å². The fourth-order valence-electron chi connectivity index (χ4n) is 1.18. The molecular weight excluding hydrogens is 202 g/mol. The van der Waals surface area contributed by atoms with Crippen molar-refractivity contribution < 1.29 is 9.84 Å². The lowest BCUT2D eigenvalue weighted by molar-refractivity contribution is 0.296. The second kappa shape index (κ2) is 4.53. The monoisotopic (exact) mass is 215 g/mol. The molecule has 14 heavy (non-hydrogen) atoms. The first-order chi connectivity index (χ1) is 6.60. The summed E-state index contributed by atoms with van der Waals surface area (Å²) in [6.07, 6.45) is 0. The molecule has 0 radical (unpaired) electrons. The van der Waals surface area contributed by atoms with E-state index >= 15 is 0 Å². The van der Waals surface area contributed by atoms with Gasteiger partial charge in [0.15, 0.2) is 0 Å². The van der Waals surface area contributed by atoms with E-state index in [4.69, 9.17) is 21.4 Å². The van der Waals surface area contributed by atoms with Gasteiger partial charge < -0.3 is 14.7 Å². The van der Waals surface area contributed by atoms with Crippen LogP contribution in [0.15, 0.2) is 12.1 Å². The van der Waals surface area contributed by atoms with Crippen LogP contribution in [0.5, 0.6) is 5.75 Å². The van der Waals surface area contributed by atoms with Crippen molar-refractivity contribution in [2.45, 2.75) is 6.92 Å². The highest BCUT2D eigenvalue weighted by atomic mass is 35.5. The number of ether oxygens (including phenoxy) is 1. The minimum absolute atomic E-state index is 0.0737. The maximum absolute atomic E-state index is 9.00. The number of halogens is 1. The summed E-state index contributed by atoms with van der Waals surface area (Å²) in [4.78, 5) is 1.66. The smallest absolute Gasteiger partial charge is 0.142 e. The molecule has 0 unspecified atom stereocenters. The zero-order valence-corrected chi connectivity index (χ0v) is 9.30. The second-order valence-electron chi connectivity index (χ2n) is 3.11. The van der Waals surface area contributed by atoms with Gasteiger partial charge in [0.05, 0.1) is 12.8 Å². The fraction of sp³-hybridized carbons (Fsp3) is 0.400. The predicted molar refractivity (Wildman–Crippen MR) is 58.2 cm³/mol. The number of aliphatic hydroxyl groups is 1. The van der Waals surface area contributed by atoms with Gasteiger partial charge in [-0.3, -0.25) is 0 Å². The summed E-state index contributed by atoms with van der Waals surface area (Å²) in [7, 11) is 3.36. The zero-order chi connectivity index (χ0) is 10.7.